The second-order valence-electron chi connectivity index (χ2n) is 4.43. The molecule has 0 bridgehead atoms. The van der Waals surface area contributed by atoms with Crippen molar-refractivity contribution in [3.63, 3.8) is 0 Å². The van der Waals surface area contributed by atoms with E-state index in [1.807, 2.05) is 0 Å². The van der Waals surface area contributed by atoms with Crippen molar-refractivity contribution in [2.45, 2.75) is 6.54 Å². The highest BCUT2D eigenvalue weighted by molar-refractivity contribution is 6.38. The molecule has 0 spiro atoms. The maximum atomic E-state index is 12.5. The number of nitrogens with two attached hydrogens (primary N) is 2. The lowest BCUT2D eigenvalue weighted by Crippen LogP contribution is -2.23. The number of hydrogen-bond donors (Lipinski definition) is 2. The summed E-state index contributed by atoms with van der Waals surface area (Å²) < 4.78 is 1.31. The average Bonchev–Trinajstić information content (AvgIpc) is 2.41. The van der Waals surface area contributed by atoms with Crippen LogP contribution in [0.15, 0.2) is 23.3 Å². The predicted octanol–water partition coefficient (Wildman–Crippen LogP) is 1.10. The van der Waals surface area contributed by atoms with Gasteiger partial charge in [0.2, 0.25) is 11.9 Å². The SMILES string of the molecule is Nc1nc(N)nc(Cn2cnc3c(Cl)cc(Cl)cc3c2=O)n1. The third kappa shape index (κ3) is 2.66. The van der Waals surface area contributed by atoms with Crippen LogP contribution < -0.4 is 17.0 Å². The smallest absolute Gasteiger partial charge is 0.261 e. The fraction of sp³-hybridized carbons (Fsp3) is 0.0833. The Morgan fingerprint density at radius 2 is 1.77 bits per heavy atom. The fourth-order valence-corrected chi connectivity index (χ4v) is 2.53. The average molecular weight is 338 g/mol. The zero-order valence-corrected chi connectivity index (χ0v) is 12.5. The van der Waals surface area contributed by atoms with E-state index in [0.717, 1.165) is 0 Å². The molecule has 0 radical (unpaired) electrons. The van der Waals surface area contributed by atoms with Crippen LogP contribution in [0.1, 0.15) is 5.82 Å². The van der Waals surface area contributed by atoms with Gasteiger partial charge in [-0.05, 0) is 12.1 Å². The first-order chi connectivity index (χ1) is 10.4. The predicted molar refractivity (Wildman–Crippen MR) is 83.8 cm³/mol. The zero-order chi connectivity index (χ0) is 15.9. The second-order valence-corrected chi connectivity index (χ2v) is 5.27. The summed E-state index contributed by atoms with van der Waals surface area (Å²) in [6.07, 6.45) is 1.35. The topological polar surface area (TPSA) is 126 Å². The van der Waals surface area contributed by atoms with Gasteiger partial charge in [0.1, 0.15) is 0 Å². The molecule has 10 heteroatoms. The lowest BCUT2D eigenvalue weighted by Gasteiger charge is -2.07. The van der Waals surface area contributed by atoms with Crippen LogP contribution in [0.3, 0.4) is 0 Å². The maximum absolute atomic E-state index is 12.5. The Morgan fingerprint density at radius 3 is 2.45 bits per heavy atom. The molecular formula is C12H9Cl2N7O. The van der Waals surface area contributed by atoms with Crippen LogP contribution in [-0.2, 0) is 6.54 Å². The summed E-state index contributed by atoms with van der Waals surface area (Å²) in [5.74, 6) is 0.215. The molecule has 1 aromatic carbocycles. The first-order valence-corrected chi connectivity index (χ1v) is 6.80. The molecule has 0 aliphatic carbocycles. The summed E-state index contributed by atoms with van der Waals surface area (Å²) in [5.41, 5.74) is 11.1. The lowest BCUT2D eigenvalue weighted by molar-refractivity contribution is 0.704. The van der Waals surface area contributed by atoms with E-state index in [1.54, 1.807) is 0 Å². The minimum atomic E-state index is -0.327. The molecule has 4 N–H and O–H groups in total. The van der Waals surface area contributed by atoms with Crippen LogP contribution in [0.4, 0.5) is 11.9 Å². The summed E-state index contributed by atoms with van der Waals surface area (Å²) in [7, 11) is 0. The van der Waals surface area contributed by atoms with Crippen molar-refractivity contribution in [3.05, 3.63) is 44.7 Å². The Labute approximate surface area is 133 Å². The quantitative estimate of drug-likeness (QED) is 0.716. The van der Waals surface area contributed by atoms with Crippen molar-refractivity contribution in [1.29, 1.82) is 0 Å². The van der Waals surface area contributed by atoms with E-state index in [-0.39, 0.29) is 29.8 Å². The monoisotopic (exact) mass is 337 g/mol. The second kappa shape index (κ2) is 5.39. The molecule has 112 valence electrons. The zero-order valence-electron chi connectivity index (χ0n) is 11.0. The summed E-state index contributed by atoms with van der Waals surface area (Å²) in [6.45, 7) is 0.0445. The molecule has 0 aliphatic rings. The maximum Gasteiger partial charge on any atom is 0.261 e. The number of aromatic nitrogens is 5. The molecule has 2 heterocycles. The third-order valence-electron chi connectivity index (χ3n) is 2.87. The Hall–Kier alpha value is -2.45. The van der Waals surface area contributed by atoms with Gasteiger partial charge in [0.25, 0.3) is 5.56 Å². The molecule has 0 unspecified atom stereocenters. The molecular weight excluding hydrogens is 329 g/mol. The molecule has 0 amide bonds. The van der Waals surface area contributed by atoms with Gasteiger partial charge in [-0.3, -0.25) is 9.36 Å². The van der Waals surface area contributed by atoms with Crippen LogP contribution in [0, 0.1) is 0 Å². The summed E-state index contributed by atoms with van der Waals surface area (Å²) in [6, 6.07) is 3.03. The number of halogens is 2. The molecule has 0 fully saturated rings. The van der Waals surface area contributed by atoms with Crippen molar-refractivity contribution in [2.24, 2.45) is 0 Å². The minimum Gasteiger partial charge on any atom is -0.368 e. The summed E-state index contributed by atoms with van der Waals surface area (Å²) in [5, 5.41) is 0.957. The van der Waals surface area contributed by atoms with Gasteiger partial charge in [0.05, 0.1) is 28.8 Å². The van der Waals surface area contributed by atoms with Gasteiger partial charge in [0.15, 0.2) is 5.82 Å². The Kier molecular flexibility index (Phi) is 3.55. The molecule has 8 nitrogen and oxygen atoms in total. The number of nitrogens with zero attached hydrogens (tertiary/aromatic N) is 5. The van der Waals surface area contributed by atoms with Crippen molar-refractivity contribution in [2.75, 3.05) is 11.5 Å². The number of rotatable bonds is 2. The third-order valence-corrected chi connectivity index (χ3v) is 3.38. The van der Waals surface area contributed by atoms with E-state index in [9.17, 15) is 4.79 Å². The first-order valence-electron chi connectivity index (χ1n) is 6.04. The Bertz CT molecular complexity index is 920. The molecule has 3 aromatic rings. The van der Waals surface area contributed by atoms with Crippen molar-refractivity contribution < 1.29 is 0 Å². The summed E-state index contributed by atoms with van der Waals surface area (Å²) >= 11 is 12.0. The van der Waals surface area contributed by atoms with Crippen LogP contribution in [0.25, 0.3) is 10.9 Å². The van der Waals surface area contributed by atoms with E-state index in [0.29, 0.717) is 20.9 Å². The van der Waals surface area contributed by atoms with Crippen molar-refractivity contribution >= 4 is 46.0 Å². The van der Waals surface area contributed by atoms with E-state index >= 15 is 0 Å². The highest BCUT2D eigenvalue weighted by Crippen LogP contribution is 2.23. The van der Waals surface area contributed by atoms with Gasteiger partial charge in [-0.1, -0.05) is 23.2 Å². The Balaban J connectivity index is 2.12. The highest BCUT2D eigenvalue weighted by atomic mass is 35.5. The van der Waals surface area contributed by atoms with Crippen molar-refractivity contribution in [3.8, 4) is 0 Å². The van der Waals surface area contributed by atoms with Gasteiger partial charge in [-0.15, -0.1) is 0 Å². The lowest BCUT2D eigenvalue weighted by atomic mass is 10.2. The molecule has 22 heavy (non-hydrogen) atoms. The van der Waals surface area contributed by atoms with Crippen LogP contribution in [-0.4, -0.2) is 24.5 Å². The number of nitrogen functional groups attached to an aromatic ring is 2. The van der Waals surface area contributed by atoms with Gasteiger partial charge < -0.3 is 11.5 Å². The van der Waals surface area contributed by atoms with E-state index in [4.69, 9.17) is 34.7 Å². The molecule has 0 atom stereocenters. The molecule has 2 aromatic heterocycles. The molecule has 0 saturated carbocycles. The highest BCUT2D eigenvalue weighted by Gasteiger charge is 2.11. The van der Waals surface area contributed by atoms with Crippen molar-refractivity contribution in [1.82, 2.24) is 24.5 Å². The van der Waals surface area contributed by atoms with Gasteiger partial charge in [-0.25, -0.2) is 4.98 Å². The van der Waals surface area contributed by atoms with E-state index in [2.05, 4.69) is 19.9 Å². The van der Waals surface area contributed by atoms with Gasteiger partial charge >= 0.3 is 0 Å². The first kappa shape index (κ1) is 14.5. The number of benzene rings is 1. The van der Waals surface area contributed by atoms with Gasteiger partial charge in [0, 0.05) is 5.02 Å². The fourth-order valence-electron chi connectivity index (χ4n) is 1.99. The van der Waals surface area contributed by atoms with Crippen LogP contribution >= 0.6 is 23.2 Å². The summed E-state index contributed by atoms with van der Waals surface area (Å²) in [4.78, 5) is 28.2. The van der Waals surface area contributed by atoms with Crippen LogP contribution in [0.5, 0.6) is 0 Å². The normalized spacial score (nSPS) is 11.0. The van der Waals surface area contributed by atoms with Gasteiger partial charge in [-0.2, -0.15) is 15.0 Å². The Morgan fingerprint density at radius 1 is 1.09 bits per heavy atom. The van der Waals surface area contributed by atoms with E-state index < -0.39 is 0 Å². The van der Waals surface area contributed by atoms with Crippen LogP contribution in [0.2, 0.25) is 10.0 Å². The number of hydrogen-bond acceptors (Lipinski definition) is 7. The standard InChI is InChI=1S/C12H9Cl2N7O/c13-5-1-6-9(7(14)2-5)17-4-21(10(6)22)3-8-18-11(15)20-12(16)19-8/h1-2,4H,3H2,(H4,15,16,18,19,20). The number of fused-ring (bicyclic) bond motifs is 1. The largest absolute Gasteiger partial charge is 0.368 e. The molecule has 0 aliphatic heterocycles. The number of anilines is 2. The molecule has 0 saturated heterocycles. The molecule has 3 rings (SSSR count). The van der Waals surface area contributed by atoms with E-state index in [1.165, 1.54) is 23.0 Å². The minimum absolute atomic E-state index is 0.0182.